The molecule has 2 atom stereocenters. The van der Waals surface area contributed by atoms with Crippen molar-refractivity contribution in [2.75, 3.05) is 6.61 Å². The van der Waals surface area contributed by atoms with Gasteiger partial charge in [-0.2, -0.15) is 0 Å². The monoisotopic (exact) mass is 336 g/mol. The molecule has 0 aliphatic rings. The van der Waals surface area contributed by atoms with Crippen LogP contribution in [0, 0.1) is 0 Å². The van der Waals surface area contributed by atoms with Crippen LogP contribution in [0.1, 0.15) is 35.4 Å². The van der Waals surface area contributed by atoms with Crippen LogP contribution in [-0.4, -0.2) is 31.8 Å². The molecule has 0 saturated carbocycles. The van der Waals surface area contributed by atoms with Gasteiger partial charge in [0.1, 0.15) is 0 Å². The summed E-state index contributed by atoms with van der Waals surface area (Å²) in [4.78, 5) is 0.133. The molecule has 0 radical (unpaired) electrons. The number of aliphatic hydroxyl groups excluding tert-OH is 2. The molecule has 2 aromatic carbocycles. The van der Waals surface area contributed by atoms with Crippen LogP contribution in [0.15, 0.2) is 54.6 Å². The Bertz CT molecular complexity index is 528. The second-order valence-electron chi connectivity index (χ2n) is 4.66. The van der Waals surface area contributed by atoms with Gasteiger partial charge < -0.3 is 0 Å². The van der Waals surface area contributed by atoms with Crippen LogP contribution in [-0.2, 0) is 0 Å². The second-order valence-corrected chi connectivity index (χ2v) is 7.27. The molecular formula is C17H20O2Se. The molecule has 106 valence electrons. The molecule has 0 saturated heterocycles. The Hall–Kier alpha value is -1.12. The van der Waals surface area contributed by atoms with E-state index >= 15 is 0 Å². The van der Waals surface area contributed by atoms with Crippen LogP contribution in [0.4, 0.5) is 0 Å². The van der Waals surface area contributed by atoms with E-state index in [1.807, 2.05) is 43.3 Å². The average Bonchev–Trinajstić information content (AvgIpc) is 2.53. The summed E-state index contributed by atoms with van der Waals surface area (Å²) >= 11 is 0.100. The van der Waals surface area contributed by atoms with Gasteiger partial charge in [-0.1, -0.05) is 0 Å². The normalized spacial score (nSPS) is 13.9. The first-order valence-electron chi connectivity index (χ1n) is 6.85. The van der Waals surface area contributed by atoms with E-state index in [2.05, 4.69) is 18.2 Å². The number of benzene rings is 2. The third-order valence-corrected chi connectivity index (χ3v) is 6.06. The van der Waals surface area contributed by atoms with E-state index in [-0.39, 0.29) is 26.4 Å². The summed E-state index contributed by atoms with van der Waals surface area (Å²) in [6, 6.07) is 18.1. The summed E-state index contributed by atoms with van der Waals surface area (Å²) in [6.07, 6.45) is 0.297. The molecule has 0 spiro atoms. The molecule has 0 aliphatic heterocycles. The second kappa shape index (κ2) is 7.61. The summed E-state index contributed by atoms with van der Waals surface area (Å²) < 4.78 is 1.18. The molecular weight excluding hydrogens is 315 g/mol. The first-order chi connectivity index (χ1) is 9.76. The van der Waals surface area contributed by atoms with Gasteiger partial charge in [0, 0.05) is 0 Å². The molecule has 0 heterocycles. The van der Waals surface area contributed by atoms with Crippen molar-refractivity contribution in [2.45, 2.75) is 24.3 Å². The molecule has 0 bridgehead atoms. The van der Waals surface area contributed by atoms with Crippen molar-refractivity contribution >= 4 is 19.4 Å². The van der Waals surface area contributed by atoms with E-state index in [0.717, 1.165) is 11.1 Å². The zero-order chi connectivity index (χ0) is 14.4. The van der Waals surface area contributed by atoms with Crippen LogP contribution in [0.3, 0.4) is 0 Å². The molecule has 0 aliphatic carbocycles. The van der Waals surface area contributed by atoms with Crippen molar-refractivity contribution in [3.05, 3.63) is 65.7 Å². The summed E-state index contributed by atoms with van der Waals surface area (Å²) in [5, 5.41) is 19.8. The van der Waals surface area contributed by atoms with Gasteiger partial charge in [0.05, 0.1) is 0 Å². The number of rotatable bonds is 6. The Kier molecular flexibility index (Phi) is 5.81. The SMILES string of the molecule is CC[C@H](O)c1ccccc1[Se][C@@H](CO)c1ccccc1. The van der Waals surface area contributed by atoms with Crippen molar-refractivity contribution in [1.82, 2.24) is 0 Å². The zero-order valence-corrected chi connectivity index (χ0v) is 13.3. The van der Waals surface area contributed by atoms with Gasteiger partial charge in [-0.15, -0.1) is 0 Å². The van der Waals surface area contributed by atoms with Gasteiger partial charge in [-0.25, -0.2) is 0 Å². The van der Waals surface area contributed by atoms with Gasteiger partial charge in [0.25, 0.3) is 0 Å². The van der Waals surface area contributed by atoms with Crippen molar-refractivity contribution in [3.8, 4) is 0 Å². The average molecular weight is 335 g/mol. The summed E-state index contributed by atoms with van der Waals surface area (Å²) in [5.41, 5.74) is 2.17. The van der Waals surface area contributed by atoms with E-state index in [1.54, 1.807) is 0 Å². The Balaban J connectivity index is 2.24. The van der Waals surface area contributed by atoms with E-state index in [4.69, 9.17) is 0 Å². The minimum atomic E-state index is -0.414. The van der Waals surface area contributed by atoms with Crippen molar-refractivity contribution < 1.29 is 10.2 Å². The number of hydrogen-bond donors (Lipinski definition) is 2. The van der Waals surface area contributed by atoms with Crippen LogP contribution >= 0.6 is 0 Å². The molecule has 0 amide bonds. The molecule has 3 heteroatoms. The Morgan fingerprint density at radius 3 is 2.30 bits per heavy atom. The van der Waals surface area contributed by atoms with Crippen LogP contribution in [0.2, 0.25) is 0 Å². The molecule has 2 aromatic rings. The Morgan fingerprint density at radius 1 is 1.00 bits per heavy atom. The van der Waals surface area contributed by atoms with Crippen molar-refractivity contribution in [2.24, 2.45) is 0 Å². The van der Waals surface area contributed by atoms with Gasteiger partial charge in [-0.3, -0.25) is 0 Å². The van der Waals surface area contributed by atoms with E-state index in [9.17, 15) is 10.2 Å². The fraction of sp³-hybridized carbons (Fsp3) is 0.294. The molecule has 0 fully saturated rings. The molecule has 20 heavy (non-hydrogen) atoms. The zero-order valence-electron chi connectivity index (χ0n) is 11.6. The fourth-order valence-corrected chi connectivity index (χ4v) is 4.57. The number of hydrogen-bond acceptors (Lipinski definition) is 2. The van der Waals surface area contributed by atoms with Crippen LogP contribution in [0.25, 0.3) is 0 Å². The summed E-state index contributed by atoms with van der Waals surface area (Å²) in [7, 11) is 0. The topological polar surface area (TPSA) is 40.5 Å². The van der Waals surface area contributed by atoms with Gasteiger partial charge in [-0.05, 0) is 0 Å². The van der Waals surface area contributed by atoms with Crippen LogP contribution in [0.5, 0.6) is 0 Å². The first kappa shape index (κ1) is 15.3. The maximum atomic E-state index is 10.1. The minimum absolute atomic E-state index is 0.100. The Labute approximate surface area is 126 Å². The van der Waals surface area contributed by atoms with Crippen molar-refractivity contribution in [3.63, 3.8) is 0 Å². The van der Waals surface area contributed by atoms with Crippen molar-refractivity contribution in [1.29, 1.82) is 0 Å². The Morgan fingerprint density at radius 2 is 1.65 bits per heavy atom. The van der Waals surface area contributed by atoms with E-state index in [0.29, 0.717) is 6.42 Å². The third-order valence-electron chi connectivity index (χ3n) is 3.27. The van der Waals surface area contributed by atoms with Gasteiger partial charge in [0.15, 0.2) is 0 Å². The molecule has 0 aromatic heterocycles. The molecule has 2 N–H and O–H groups in total. The third kappa shape index (κ3) is 3.71. The van der Waals surface area contributed by atoms with Gasteiger partial charge in [0.2, 0.25) is 0 Å². The maximum absolute atomic E-state index is 10.1. The quantitative estimate of drug-likeness (QED) is 0.795. The summed E-state index contributed by atoms with van der Waals surface area (Å²) in [5.74, 6) is 0. The number of aliphatic hydroxyl groups is 2. The standard InChI is InChI=1S/C17H20O2Se/c1-2-15(19)14-10-6-7-11-16(14)20-17(12-18)13-8-4-3-5-9-13/h3-11,15,17-19H,2,12H2,1H3/t15-,17-/m0/s1. The first-order valence-corrected chi connectivity index (χ1v) is 8.70. The predicted octanol–water partition coefficient (Wildman–Crippen LogP) is 2.19. The van der Waals surface area contributed by atoms with Crippen LogP contribution < -0.4 is 4.46 Å². The molecule has 0 unspecified atom stereocenters. The summed E-state index contributed by atoms with van der Waals surface area (Å²) in [6.45, 7) is 2.12. The van der Waals surface area contributed by atoms with E-state index < -0.39 is 6.10 Å². The molecule has 2 nitrogen and oxygen atoms in total. The van der Waals surface area contributed by atoms with E-state index in [1.165, 1.54) is 4.46 Å². The van der Waals surface area contributed by atoms with Gasteiger partial charge >= 0.3 is 126 Å². The predicted molar refractivity (Wildman–Crippen MR) is 83.3 cm³/mol. The molecule has 2 rings (SSSR count). The fourth-order valence-electron chi connectivity index (χ4n) is 2.11.